The summed E-state index contributed by atoms with van der Waals surface area (Å²) in [5, 5.41) is 3.57. The maximum absolute atomic E-state index is 8.17. The molecule has 27 heavy (non-hydrogen) atoms. The number of hydrogen-bond donors (Lipinski definition) is 0. The van der Waals surface area contributed by atoms with Crippen molar-refractivity contribution in [1.82, 2.24) is 0 Å². The van der Waals surface area contributed by atoms with Crippen LogP contribution in [0.3, 0.4) is 0 Å². The van der Waals surface area contributed by atoms with Gasteiger partial charge >= 0.3 is 0 Å². The van der Waals surface area contributed by atoms with Crippen LogP contribution in [-0.2, 0) is 7.05 Å². The average Bonchev–Trinajstić information content (AvgIpc) is 3.08. The van der Waals surface area contributed by atoms with Gasteiger partial charge in [-0.05, 0) is 48.8 Å². The second kappa shape index (κ2) is 5.68. The summed E-state index contributed by atoms with van der Waals surface area (Å²) in [5.74, 6) is 0. The van der Waals surface area contributed by atoms with Crippen LogP contribution < -0.4 is 4.57 Å². The minimum Gasteiger partial charge on any atom is -0.454 e. The topological polar surface area (TPSA) is 17.0 Å². The lowest BCUT2D eigenvalue weighted by Gasteiger charge is -2.08. The van der Waals surface area contributed by atoms with Gasteiger partial charge in [-0.1, -0.05) is 36.4 Å². The first-order valence-electron chi connectivity index (χ1n) is 10.6. The summed E-state index contributed by atoms with van der Waals surface area (Å²) in [6, 6.07) is 18.0. The van der Waals surface area contributed by atoms with Crippen molar-refractivity contribution in [3.05, 3.63) is 77.5 Å². The van der Waals surface area contributed by atoms with Gasteiger partial charge < -0.3 is 4.42 Å². The van der Waals surface area contributed by atoms with Gasteiger partial charge in [0.25, 0.3) is 0 Å². The van der Waals surface area contributed by atoms with Gasteiger partial charge in [0.15, 0.2) is 6.20 Å². The zero-order chi connectivity index (χ0) is 21.2. The Morgan fingerprint density at radius 1 is 0.889 bits per heavy atom. The molecule has 2 heteroatoms. The van der Waals surface area contributed by atoms with Crippen LogP contribution in [0.25, 0.3) is 44.0 Å². The van der Waals surface area contributed by atoms with Gasteiger partial charge in [0.2, 0.25) is 5.69 Å². The number of nitrogens with zero attached hydrogens (tertiary/aromatic N) is 1. The van der Waals surface area contributed by atoms with Crippen molar-refractivity contribution < 1.29 is 13.1 Å². The second-order valence-corrected chi connectivity index (χ2v) is 7.29. The van der Waals surface area contributed by atoms with Crippen LogP contribution in [-0.4, -0.2) is 0 Å². The summed E-state index contributed by atoms with van der Waals surface area (Å²) in [4.78, 5) is 0. The molecule has 0 N–H and O–H groups in total. The third-order valence-corrected chi connectivity index (χ3v) is 5.39. The highest BCUT2D eigenvalue weighted by Crippen LogP contribution is 2.41. The van der Waals surface area contributed by atoms with Crippen molar-refractivity contribution in [2.24, 2.45) is 7.05 Å². The number of benzene rings is 3. The molecule has 2 heterocycles. The molecule has 0 atom stereocenters. The van der Waals surface area contributed by atoms with E-state index in [1.54, 1.807) is 6.07 Å². The van der Waals surface area contributed by atoms with Crippen LogP contribution >= 0.6 is 0 Å². The highest BCUT2D eigenvalue weighted by molar-refractivity contribution is 6.18. The third kappa shape index (κ3) is 2.30. The molecule has 5 aromatic rings. The molecule has 0 aliphatic heterocycles. The lowest BCUT2D eigenvalue weighted by atomic mass is 9.96. The van der Waals surface area contributed by atoms with Gasteiger partial charge in [-0.2, -0.15) is 0 Å². The first-order chi connectivity index (χ1) is 14.3. The summed E-state index contributed by atoms with van der Waals surface area (Å²) in [7, 11) is 2.00. The Kier molecular flexibility index (Phi) is 2.76. The summed E-state index contributed by atoms with van der Waals surface area (Å²) in [6.07, 6.45) is 2.02. The van der Waals surface area contributed by atoms with Crippen molar-refractivity contribution in [3.8, 4) is 11.3 Å². The molecule has 0 radical (unpaired) electrons. The van der Waals surface area contributed by atoms with Gasteiger partial charge in [-0.25, -0.2) is 4.57 Å². The van der Waals surface area contributed by atoms with E-state index < -0.39 is 6.85 Å². The van der Waals surface area contributed by atoms with E-state index in [2.05, 4.69) is 23.6 Å². The van der Waals surface area contributed by atoms with Gasteiger partial charge in [0, 0.05) is 32.4 Å². The maximum Gasteiger partial charge on any atom is 0.216 e. The fraction of sp³-hybridized carbons (Fsp3) is 0.160. The quantitative estimate of drug-likeness (QED) is 0.329. The van der Waals surface area contributed by atoms with Crippen LogP contribution in [0.1, 0.15) is 20.8 Å². The molecule has 0 aliphatic carbocycles. The fourth-order valence-corrected chi connectivity index (χ4v) is 4.05. The molecular weight excluding hydrogens is 330 g/mol. The highest BCUT2D eigenvalue weighted by Gasteiger charge is 2.22. The van der Waals surface area contributed by atoms with Crippen molar-refractivity contribution in [1.29, 1.82) is 0 Å². The van der Waals surface area contributed by atoms with Gasteiger partial charge in [-0.3, -0.25) is 0 Å². The standard InChI is InChI=1S/C25H22NO/c1-15-11-12-26(4)21(13-15)23-17(3)14-16(2)22-20-10-9-18-7-5-6-8-19(18)24(20)27-25(22)23/h5-14H,1-4H3/q+1/i2D3. The lowest BCUT2D eigenvalue weighted by Crippen LogP contribution is -2.30. The second-order valence-electron chi connectivity index (χ2n) is 7.29. The molecule has 132 valence electrons. The normalized spacial score (nSPS) is 13.8. The molecule has 0 bridgehead atoms. The molecule has 0 unspecified atom stereocenters. The summed E-state index contributed by atoms with van der Waals surface area (Å²) >= 11 is 0. The monoisotopic (exact) mass is 355 g/mol. The van der Waals surface area contributed by atoms with E-state index in [4.69, 9.17) is 8.53 Å². The molecule has 0 amide bonds. The molecule has 0 fully saturated rings. The Morgan fingerprint density at radius 2 is 1.74 bits per heavy atom. The van der Waals surface area contributed by atoms with E-state index in [1.165, 1.54) is 0 Å². The Morgan fingerprint density at radius 3 is 2.59 bits per heavy atom. The minimum atomic E-state index is -2.24. The number of hydrogen-bond acceptors (Lipinski definition) is 1. The number of fused-ring (bicyclic) bond motifs is 5. The van der Waals surface area contributed by atoms with Crippen LogP contribution in [0.2, 0.25) is 0 Å². The van der Waals surface area contributed by atoms with Crippen molar-refractivity contribution in [2.75, 3.05) is 0 Å². The lowest BCUT2D eigenvalue weighted by molar-refractivity contribution is -0.660. The maximum atomic E-state index is 8.17. The molecule has 0 spiro atoms. The van der Waals surface area contributed by atoms with E-state index in [9.17, 15) is 0 Å². The molecule has 0 saturated carbocycles. The van der Waals surface area contributed by atoms with Crippen molar-refractivity contribution in [3.63, 3.8) is 0 Å². The third-order valence-electron chi connectivity index (χ3n) is 5.39. The van der Waals surface area contributed by atoms with Gasteiger partial charge in [-0.15, -0.1) is 0 Å². The molecule has 2 aromatic heterocycles. The Labute approximate surface area is 162 Å². The molecule has 3 aromatic carbocycles. The Bertz CT molecular complexity index is 1460. The van der Waals surface area contributed by atoms with Crippen molar-refractivity contribution in [2.45, 2.75) is 20.7 Å². The largest absolute Gasteiger partial charge is 0.454 e. The zero-order valence-corrected chi connectivity index (χ0v) is 15.6. The van der Waals surface area contributed by atoms with E-state index in [0.717, 1.165) is 44.1 Å². The van der Waals surface area contributed by atoms with Crippen LogP contribution in [0.15, 0.2) is 65.2 Å². The van der Waals surface area contributed by atoms with Crippen molar-refractivity contribution >= 4 is 32.7 Å². The van der Waals surface area contributed by atoms with Gasteiger partial charge in [0.1, 0.15) is 18.2 Å². The summed E-state index contributed by atoms with van der Waals surface area (Å²) in [5.41, 5.74) is 5.66. The molecule has 2 nitrogen and oxygen atoms in total. The van der Waals surface area contributed by atoms with E-state index in [1.807, 2.05) is 56.6 Å². The molecule has 0 saturated heterocycles. The number of aromatic nitrogens is 1. The average molecular weight is 355 g/mol. The van der Waals surface area contributed by atoms with E-state index in [0.29, 0.717) is 16.5 Å². The predicted molar refractivity (Wildman–Crippen MR) is 112 cm³/mol. The summed E-state index contributed by atoms with van der Waals surface area (Å²) < 4.78 is 33.0. The predicted octanol–water partition coefficient (Wildman–Crippen LogP) is 6.16. The van der Waals surface area contributed by atoms with Crippen LogP contribution in [0, 0.1) is 20.7 Å². The smallest absolute Gasteiger partial charge is 0.216 e. The van der Waals surface area contributed by atoms with Gasteiger partial charge in [0.05, 0.1) is 5.56 Å². The van der Waals surface area contributed by atoms with E-state index >= 15 is 0 Å². The minimum absolute atomic E-state index is 0.336. The molecule has 0 aliphatic rings. The first kappa shape index (κ1) is 13.1. The van der Waals surface area contributed by atoms with Crippen LogP contribution in [0.5, 0.6) is 0 Å². The zero-order valence-electron chi connectivity index (χ0n) is 18.6. The highest BCUT2D eigenvalue weighted by atomic mass is 16.3. The number of furan rings is 1. The number of aryl methyl sites for hydroxylation is 4. The Balaban J connectivity index is 2.03. The first-order valence-corrected chi connectivity index (χ1v) is 9.10. The fourth-order valence-electron chi connectivity index (χ4n) is 4.05. The number of pyridine rings is 1. The Hall–Kier alpha value is -3.13. The molecule has 5 rings (SSSR count). The van der Waals surface area contributed by atoms with Crippen LogP contribution in [0.4, 0.5) is 0 Å². The summed E-state index contributed by atoms with van der Waals surface area (Å²) in [6.45, 7) is 1.77. The number of rotatable bonds is 1. The molecular formula is C25H22NO+. The SMILES string of the molecule is [2H]C([2H])([2H])c1cc(C)c(-c2cc(C)cc[n+]2C)c2oc3c4ccccc4ccc3c12. The van der Waals surface area contributed by atoms with E-state index in [-0.39, 0.29) is 0 Å².